The van der Waals surface area contributed by atoms with E-state index in [9.17, 15) is 5.11 Å². The minimum Gasteiger partial charge on any atom is -0.388 e. The number of thiophene rings is 1. The number of hydrogen-bond acceptors (Lipinski definition) is 2. The topological polar surface area (TPSA) is 20.2 Å². The maximum absolute atomic E-state index is 10.0. The number of aliphatic hydroxyl groups excluding tert-OH is 1. The van der Waals surface area contributed by atoms with E-state index in [-0.39, 0.29) is 5.41 Å². The smallest absolute Gasteiger partial charge is 0.0857 e. The van der Waals surface area contributed by atoms with E-state index in [1.54, 1.807) is 11.3 Å². The van der Waals surface area contributed by atoms with Crippen LogP contribution in [-0.4, -0.2) is 5.11 Å². The molecule has 74 valence electrons. The van der Waals surface area contributed by atoms with Gasteiger partial charge >= 0.3 is 0 Å². The van der Waals surface area contributed by atoms with Crippen LogP contribution >= 0.6 is 43.2 Å². The lowest BCUT2D eigenvalue weighted by Gasteiger charge is -2.25. The predicted octanol–water partition coefficient (Wildman–Crippen LogP) is 4.35. The van der Waals surface area contributed by atoms with Crippen molar-refractivity contribution in [2.45, 2.75) is 26.9 Å². The Morgan fingerprint density at radius 1 is 1.38 bits per heavy atom. The van der Waals surface area contributed by atoms with E-state index in [1.807, 2.05) is 26.8 Å². The maximum atomic E-state index is 10.0. The largest absolute Gasteiger partial charge is 0.388 e. The highest BCUT2D eigenvalue weighted by molar-refractivity contribution is 9.12. The van der Waals surface area contributed by atoms with Gasteiger partial charge in [0.15, 0.2) is 0 Å². The molecular weight excluding hydrogens is 316 g/mol. The van der Waals surface area contributed by atoms with Gasteiger partial charge in [-0.15, -0.1) is 11.3 Å². The molecule has 13 heavy (non-hydrogen) atoms. The molecule has 1 heterocycles. The fraction of sp³-hybridized carbons (Fsp3) is 0.556. The van der Waals surface area contributed by atoms with E-state index in [0.29, 0.717) is 0 Å². The zero-order chi connectivity index (χ0) is 10.2. The van der Waals surface area contributed by atoms with Crippen LogP contribution in [0.2, 0.25) is 0 Å². The van der Waals surface area contributed by atoms with Crippen LogP contribution in [0.3, 0.4) is 0 Å². The molecule has 0 saturated carbocycles. The summed E-state index contributed by atoms with van der Waals surface area (Å²) in [7, 11) is 0. The molecule has 0 aliphatic heterocycles. The van der Waals surface area contributed by atoms with Crippen molar-refractivity contribution in [3.05, 3.63) is 19.2 Å². The third kappa shape index (κ3) is 2.78. The highest BCUT2D eigenvalue weighted by Gasteiger charge is 2.26. The SMILES string of the molecule is CC(C)(C)C(O)c1cc(Br)sc1Br. The molecule has 1 aromatic rings. The average molecular weight is 328 g/mol. The van der Waals surface area contributed by atoms with E-state index in [1.165, 1.54) is 0 Å². The van der Waals surface area contributed by atoms with Crippen molar-refractivity contribution in [2.24, 2.45) is 5.41 Å². The minimum absolute atomic E-state index is 0.122. The quantitative estimate of drug-likeness (QED) is 0.812. The Morgan fingerprint density at radius 2 is 1.92 bits per heavy atom. The van der Waals surface area contributed by atoms with Crippen LogP contribution in [0.15, 0.2) is 13.6 Å². The second kappa shape index (κ2) is 4.01. The van der Waals surface area contributed by atoms with Gasteiger partial charge in [-0.2, -0.15) is 0 Å². The van der Waals surface area contributed by atoms with Crippen molar-refractivity contribution < 1.29 is 5.11 Å². The van der Waals surface area contributed by atoms with Gasteiger partial charge in [0.1, 0.15) is 0 Å². The van der Waals surface area contributed by atoms with Crippen LogP contribution in [0.25, 0.3) is 0 Å². The van der Waals surface area contributed by atoms with Crippen LogP contribution in [0.4, 0.5) is 0 Å². The van der Waals surface area contributed by atoms with Gasteiger partial charge < -0.3 is 5.11 Å². The summed E-state index contributed by atoms with van der Waals surface area (Å²) < 4.78 is 2.04. The number of hydrogen-bond donors (Lipinski definition) is 1. The summed E-state index contributed by atoms with van der Waals surface area (Å²) in [6.45, 7) is 6.07. The predicted molar refractivity (Wildman–Crippen MR) is 64.1 cm³/mol. The molecule has 1 aromatic heterocycles. The molecule has 0 saturated heterocycles. The fourth-order valence-electron chi connectivity index (χ4n) is 1.01. The van der Waals surface area contributed by atoms with Gasteiger partial charge in [-0.3, -0.25) is 0 Å². The highest BCUT2D eigenvalue weighted by atomic mass is 79.9. The standard InChI is InChI=1S/C9H12Br2OS/c1-9(2,3)7(12)5-4-6(10)13-8(5)11/h4,7,12H,1-3H3. The summed E-state index contributed by atoms with van der Waals surface area (Å²) in [5, 5.41) is 10.0. The van der Waals surface area contributed by atoms with E-state index in [0.717, 1.165) is 13.1 Å². The molecule has 0 bridgehead atoms. The first-order valence-electron chi connectivity index (χ1n) is 3.95. The van der Waals surface area contributed by atoms with Crippen LogP contribution in [0, 0.1) is 5.41 Å². The zero-order valence-electron chi connectivity index (χ0n) is 7.77. The molecule has 1 N–H and O–H groups in total. The normalized spacial score (nSPS) is 14.6. The van der Waals surface area contributed by atoms with Gasteiger partial charge in [0.05, 0.1) is 13.7 Å². The molecule has 0 spiro atoms. The summed E-state index contributed by atoms with van der Waals surface area (Å²) in [6, 6.07) is 1.96. The van der Waals surface area contributed by atoms with Crippen LogP contribution < -0.4 is 0 Å². The molecule has 4 heteroatoms. The Kier molecular flexibility index (Phi) is 3.60. The fourth-order valence-corrected chi connectivity index (χ4v) is 3.89. The van der Waals surface area contributed by atoms with Gasteiger partial charge in [0, 0.05) is 5.56 Å². The van der Waals surface area contributed by atoms with Crippen molar-refractivity contribution >= 4 is 43.2 Å². The summed E-state index contributed by atoms with van der Waals surface area (Å²) in [6.07, 6.45) is -0.426. The van der Waals surface area contributed by atoms with Crippen LogP contribution in [-0.2, 0) is 0 Å². The number of halogens is 2. The molecule has 0 aromatic carbocycles. The van der Waals surface area contributed by atoms with Crippen molar-refractivity contribution in [3.63, 3.8) is 0 Å². The van der Waals surface area contributed by atoms with Crippen LogP contribution in [0.5, 0.6) is 0 Å². The number of aliphatic hydroxyl groups is 1. The highest BCUT2D eigenvalue weighted by Crippen LogP contribution is 2.41. The minimum atomic E-state index is -0.426. The first-order valence-corrected chi connectivity index (χ1v) is 6.35. The maximum Gasteiger partial charge on any atom is 0.0857 e. The van der Waals surface area contributed by atoms with Gasteiger partial charge in [-0.25, -0.2) is 0 Å². The molecule has 0 fully saturated rings. The van der Waals surface area contributed by atoms with Crippen molar-refractivity contribution in [1.82, 2.24) is 0 Å². The van der Waals surface area contributed by atoms with Gasteiger partial charge in [0.25, 0.3) is 0 Å². The molecule has 1 unspecified atom stereocenters. The van der Waals surface area contributed by atoms with Gasteiger partial charge in [-0.05, 0) is 43.3 Å². The molecule has 1 atom stereocenters. The molecule has 0 aliphatic carbocycles. The molecule has 0 aliphatic rings. The van der Waals surface area contributed by atoms with E-state index < -0.39 is 6.10 Å². The summed E-state index contributed by atoms with van der Waals surface area (Å²) in [5.74, 6) is 0. The Balaban J connectivity index is 3.01. The summed E-state index contributed by atoms with van der Waals surface area (Å²) in [5.41, 5.74) is 0.840. The average Bonchev–Trinajstić information content (AvgIpc) is 2.26. The van der Waals surface area contributed by atoms with Gasteiger partial charge in [0.2, 0.25) is 0 Å². The molecule has 1 nitrogen and oxygen atoms in total. The third-order valence-electron chi connectivity index (χ3n) is 1.80. The Labute approximate surface area is 99.4 Å². The number of rotatable bonds is 1. The van der Waals surface area contributed by atoms with Crippen molar-refractivity contribution in [3.8, 4) is 0 Å². The summed E-state index contributed by atoms with van der Waals surface area (Å²) >= 11 is 8.42. The third-order valence-corrected chi connectivity index (χ3v) is 4.18. The molecule has 0 radical (unpaired) electrons. The van der Waals surface area contributed by atoms with Crippen molar-refractivity contribution in [2.75, 3.05) is 0 Å². The van der Waals surface area contributed by atoms with E-state index >= 15 is 0 Å². The van der Waals surface area contributed by atoms with Crippen LogP contribution in [0.1, 0.15) is 32.4 Å². The lowest BCUT2D eigenvalue weighted by Crippen LogP contribution is -2.17. The lowest BCUT2D eigenvalue weighted by molar-refractivity contribution is 0.0625. The lowest BCUT2D eigenvalue weighted by atomic mass is 9.86. The molecule has 0 amide bonds. The van der Waals surface area contributed by atoms with E-state index in [2.05, 4.69) is 31.9 Å². The molecule has 1 rings (SSSR count). The second-order valence-electron chi connectivity index (χ2n) is 4.05. The Morgan fingerprint density at radius 3 is 2.23 bits per heavy atom. The second-order valence-corrected chi connectivity index (χ2v) is 7.80. The molecular formula is C9H12Br2OS. The monoisotopic (exact) mass is 326 g/mol. The zero-order valence-corrected chi connectivity index (χ0v) is 11.8. The van der Waals surface area contributed by atoms with Crippen molar-refractivity contribution in [1.29, 1.82) is 0 Å². The van der Waals surface area contributed by atoms with E-state index in [4.69, 9.17) is 0 Å². The first-order chi connectivity index (χ1) is 5.82. The first kappa shape index (κ1) is 11.7. The summed E-state index contributed by atoms with van der Waals surface area (Å²) in [4.78, 5) is 0. The Hall–Kier alpha value is 0.620. The Bertz CT molecular complexity index is 301. The van der Waals surface area contributed by atoms with Gasteiger partial charge in [-0.1, -0.05) is 20.8 Å².